The minimum Gasteiger partial charge on any atom is -0.477 e. The Hall–Kier alpha value is -3.23. The van der Waals surface area contributed by atoms with E-state index in [2.05, 4.69) is 15.4 Å². The molecule has 2 aromatic rings. The van der Waals surface area contributed by atoms with Crippen LogP contribution in [0.25, 0.3) is 0 Å². The number of hydrogen-bond donors (Lipinski definition) is 3. The fourth-order valence-electron chi connectivity index (χ4n) is 1.55. The van der Waals surface area contributed by atoms with Crippen LogP contribution in [-0.4, -0.2) is 31.7 Å². The zero-order valence-corrected chi connectivity index (χ0v) is 10.6. The lowest BCUT2D eigenvalue weighted by atomic mass is 10.3. The summed E-state index contributed by atoms with van der Waals surface area (Å²) in [5, 5.41) is 13.4. The largest absolute Gasteiger partial charge is 0.477 e. The van der Waals surface area contributed by atoms with Crippen molar-refractivity contribution in [2.24, 2.45) is 0 Å². The summed E-state index contributed by atoms with van der Waals surface area (Å²) < 4.78 is 0.844. The molecule has 0 radical (unpaired) electrons. The molecule has 0 aliphatic rings. The number of aromatic carboxylic acids is 1. The third-order valence-corrected chi connectivity index (χ3v) is 2.45. The summed E-state index contributed by atoms with van der Waals surface area (Å²) >= 11 is 0. The monoisotopic (exact) mass is 290 g/mol. The van der Waals surface area contributed by atoms with E-state index in [9.17, 15) is 19.2 Å². The molecule has 1 amide bonds. The first-order chi connectivity index (χ1) is 9.95. The van der Waals surface area contributed by atoms with Crippen molar-refractivity contribution in [1.82, 2.24) is 14.8 Å². The number of amides is 1. The van der Waals surface area contributed by atoms with E-state index >= 15 is 0 Å². The van der Waals surface area contributed by atoms with E-state index in [1.807, 2.05) is 0 Å². The second-order valence-electron chi connectivity index (χ2n) is 4.02. The number of aromatic amines is 1. The van der Waals surface area contributed by atoms with Crippen molar-refractivity contribution in [1.29, 1.82) is 0 Å². The molecule has 0 spiro atoms. The van der Waals surface area contributed by atoms with Gasteiger partial charge in [0.1, 0.15) is 12.2 Å². The Kier molecular flexibility index (Phi) is 3.93. The van der Waals surface area contributed by atoms with Crippen LogP contribution in [-0.2, 0) is 11.3 Å². The number of nitrogens with one attached hydrogen (secondary N) is 2. The van der Waals surface area contributed by atoms with Gasteiger partial charge in [-0.15, -0.1) is 0 Å². The lowest BCUT2D eigenvalue weighted by Gasteiger charge is -2.07. The smallest absolute Gasteiger partial charge is 0.354 e. The van der Waals surface area contributed by atoms with E-state index in [-0.39, 0.29) is 11.4 Å². The highest BCUT2D eigenvalue weighted by atomic mass is 16.4. The summed E-state index contributed by atoms with van der Waals surface area (Å²) in [4.78, 5) is 48.6. The molecule has 2 aromatic heterocycles. The van der Waals surface area contributed by atoms with E-state index in [4.69, 9.17) is 5.11 Å². The molecule has 108 valence electrons. The minimum absolute atomic E-state index is 0.221. The number of carbonyl (C=O) groups is 2. The second kappa shape index (κ2) is 5.82. The highest BCUT2D eigenvalue weighted by Gasteiger charge is 2.09. The Balaban J connectivity index is 2.13. The summed E-state index contributed by atoms with van der Waals surface area (Å²) in [5.41, 5.74) is -1.05. The number of aromatic nitrogens is 3. The molecule has 0 unspecified atom stereocenters. The van der Waals surface area contributed by atoms with Crippen molar-refractivity contribution in [3.8, 4) is 0 Å². The molecule has 0 aliphatic heterocycles. The highest BCUT2D eigenvalue weighted by molar-refractivity contribution is 5.92. The van der Waals surface area contributed by atoms with Gasteiger partial charge in [0.25, 0.3) is 11.1 Å². The van der Waals surface area contributed by atoms with Crippen LogP contribution in [0.4, 0.5) is 5.69 Å². The van der Waals surface area contributed by atoms with Crippen LogP contribution in [0.1, 0.15) is 10.5 Å². The zero-order chi connectivity index (χ0) is 15.4. The van der Waals surface area contributed by atoms with Crippen LogP contribution in [0.15, 0.2) is 40.1 Å². The van der Waals surface area contributed by atoms with Crippen LogP contribution in [0.2, 0.25) is 0 Å². The quantitative estimate of drug-likeness (QED) is 0.679. The third-order valence-electron chi connectivity index (χ3n) is 2.45. The maximum atomic E-state index is 11.8. The standard InChI is InChI=1S/C12H10N4O5/c17-9-1-2-11(19)16(15-9)6-10(18)14-7-3-4-13-8(5-7)12(20)21/h1-5H,6H2,(H,15,17)(H,20,21)(H,13,14,18). The van der Waals surface area contributed by atoms with Crippen molar-refractivity contribution >= 4 is 17.6 Å². The van der Waals surface area contributed by atoms with Gasteiger partial charge in [-0.05, 0) is 12.1 Å². The maximum absolute atomic E-state index is 11.8. The molecule has 0 fully saturated rings. The molecule has 0 saturated carbocycles. The number of carbonyl (C=O) groups excluding carboxylic acids is 1. The molecular weight excluding hydrogens is 280 g/mol. The zero-order valence-electron chi connectivity index (χ0n) is 10.6. The van der Waals surface area contributed by atoms with Crippen molar-refractivity contribution in [3.63, 3.8) is 0 Å². The van der Waals surface area contributed by atoms with E-state index in [1.54, 1.807) is 0 Å². The molecule has 0 aliphatic carbocycles. The van der Waals surface area contributed by atoms with Crippen molar-refractivity contribution in [2.45, 2.75) is 6.54 Å². The van der Waals surface area contributed by atoms with E-state index in [0.717, 1.165) is 16.8 Å². The summed E-state index contributed by atoms with van der Waals surface area (Å²) in [6.07, 6.45) is 1.23. The molecule has 9 nitrogen and oxygen atoms in total. The first-order valence-electron chi connectivity index (χ1n) is 5.75. The molecule has 0 bridgehead atoms. The van der Waals surface area contributed by atoms with Crippen molar-refractivity contribution in [2.75, 3.05) is 5.32 Å². The summed E-state index contributed by atoms with van der Waals surface area (Å²) in [6, 6.07) is 4.68. The lowest BCUT2D eigenvalue weighted by molar-refractivity contribution is -0.117. The molecule has 0 atom stereocenters. The van der Waals surface area contributed by atoms with E-state index in [0.29, 0.717) is 0 Å². The Morgan fingerprint density at radius 1 is 1.29 bits per heavy atom. The molecule has 3 N–H and O–H groups in total. The second-order valence-corrected chi connectivity index (χ2v) is 4.02. The van der Waals surface area contributed by atoms with Crippen LogP contribution in [0, 0.1) is 0 Å². The first-order valence-corrected chi connectivity index (χ1v) is 5.75. The Morgan fingerprint density at radius 3 is 2.76 bits per heavy atom. The van der Waals surface area contributed by atoms with Gasteiger partial charge in [-0.2, -0.15) is 0 Å². The lowest BCUT2D eigenvalue weighted by Crippen LogP contribution is -2.32. The number of rotatable bonds is 4. The summed E-state index contributed by atoms with van der Waals surface area (Å²) in [5.74, 6) is -1.82. The Bertz CT molecular complexity index is 808. The predicted molar refractivity (Wildman–Crippen MR) is 71.1 cm³/mol. The number of hydrogen-bond acceptors (Lipinski definition) is 5. The van der Waals surface area contributed by atoms with Gasteiger partial charge in [0.2, 0.25) is 5.91 Å². The number of nitrogens with zero attached hydrogens (tertiary/aromatic N) is 2. The molecule has 0 saturated heterocycles. The molecule has 2 heterocycles. The average Bonchev–Trinajstić information content (AvgIpc) is 2.43. The van der Waals surface area contributed by atoms with Crippen LogP contribution >= 0.6 is 0 Å². The van der Waals surface area contributed by atoms with E-state index < -0.39 is 29.5 Å². The van der Waals surface area contributed by atoms with Gasteiger partial charge < -0.3 is 10.4 Å². The number of pyridine rings is 1. The first kappa shape index (κ1) is 14.2. The van der Waals surface area contributed by atoms with Gasteiger partial charge in [-0.25, -0.2) is 14.5 Å². The Morgan fingerprint density at radius 2 is 2.05 bits per heavy atom. The fraction of sp³-hybridized carbons (Fsp3) is 0.0833. The van der Waals surface area contributed by atoms with Crippen LogP contribution < -0.4 is 16.4 Å². The number of anilines is 1. The predicted octanol–water partition coefficient (Wildman–Crippen LogP) is -0.731. The van der Waals surface area contributed by atoms with Crippen LogP contribution in [0.5, 0.6) is 0 Å². The topological polar surface area (TPSA) is 134 Å². The molecular formula is C12H10N4O5. The minimum atomic E-state index is -1.23. The molecule has 9 heteroatoms. The molecule has 2 rings (SSSR count). The van der Waals surface area contributed by atoms with Gasteiger partial charge in [-0.3, -0.25) is 19.5 Å². The molecule has 0 aromatic carbocycles. The normalized spacial score (nSPS) is 10.1. The highest BCUT2D eigenvalue weighted by Crippen LogP contribution is 2.07. The van der Waals surface area contributed by atoms with Crippen molar-refractivity contribution in [3.05, 3.63) is 56.9 Å². The van der Waals surface area contributed by atoms with Crippen molar-refractivity contribution < 1.29 is 14.7 Å². The number of carboxylic acid groups (broad SMARTS) is 1. The summed E-state index contributed by atoms with van der Waals surface area (Å²) in [7, 11) is 0. The van der Waals surface area contributed by atoms with Gasteiger partial charge in [0, 0.05) is 24.0 Å². The maximum Gasteiger partial charge on any atom is 0.354 e. The fourth-order valence-corrected chi connectivity index (χ4v) is 1.55. The van der Waals surface area contributed by atoms with Crippen LogP contribution in [0.3, 0.4) is 0 Å². The number of carboxylic acids is 1. The van der Waals surface area contributed by atoms with Gasteiger partial charge >= 0.3 is 5.97 Å². The van der Waals surface area contributed by atoms with E-state index in [1.165, 1.54) is 18.3 Å². The summed E-state index contributed by atoms with van der Waals surface area (Å²) in [6.45, 7) is -0.403. The number of H-pyrrole nitrogens is 1. The van der Waals surface area contributed by atoms with Gasteiger partial charge in [0.05, 0.1) is 0 Å². The van der Waals surface area contributed by atoms with Gasteiger partial charge in [-0.1, -0.05) is 0 Å². The van der Waals surface area contributed by atoms with Gasteiger partial charge in [0.15, 0.2) is 0 Å². The molecule has 21 heavy (non-hydrogen) atoms. The Labute approximate surface area is 116 Å². The average molecular weight is 290 g/mol. The SMILES string of the molecule is O=C(Cn1[nH]c(=O)ccc1=O)Nc1ccnc(C(=O)O)c1. The third kappa shape index (κ3) is 3.62.